The third-order valence-electron chi connectivity index (χ3n) is 7.11. The highest BCUT2D eigenvalue weighted by Gasteiger charge is 2.22. The second-order valence-electron chi connectivity index (χ2n) is 9.59. The molecule has 2 N–H and O–H groups in total. The summed E-state index contributed by atoms with van der Waals surface area (Å²) in [5.41, 5.74) is 3.78. The van der Waals surface area contributed by atoms with Crippen LogP contribution in [0.15, 0.2) is 71.6 Å². The molecule has 9 nitrogen and oxygen atoms in total. The lowest BCUT2D eigenvalue weighted by Gasteiger charge is -2.37. The van der Waals surface area contributed by atoms with Crippen molar-refractivity contribution in [2.45, 2.75) is 18.7 Å². The maximum atomic E-state index is 13.0. The first-order valence-corrected chi connectivity index (χ1v) is 14.0. The Balaban J connectivity index is 1.38. The van der Waals surface area contributed by atoms with Crippen molar-refractivity contribution in [1.29, 1.82) is 0 Å². The molecule has 2 heterocycles. The van der Waals surface area contributed by atoms with Gasteiger partial charge in [0, 0.05) is 42.9 Å². The SMILES string of the molecule is COc1ccc(N2CCN(c3cc(C(=O)O)c4cc(NS(=O)(=O)c5ccc(C)c(C)c5)ccc4n3)CC2)cc1. The van der Waals surface area contributed by atoms with Gasteiger partial charge in [-0.05, 0) is 85.6 Å². The second kappa shape index (κ2) is 10.5. The van der Waals surface area contributed by atoms with Gasteiger partial charge in [0.1, 0.15) is 11.6 Å². The Bertz CT molecular complexity index is 1650. The van der Waals surface area contributed by atoms with Crippen LogP contribution in [0.4, 0.5) is 17.2 Å². The molecule has 1 aliphatic rings. The number of sulfonamides is 1. The Hall–Kier alpha value is -4.31. The van der Waals surface area contributed by atoms with Crippen molar-refractivity contribution in [3.8, 4) is 5.75 Å². The van der Waals surface area contributed by atoms with E-state index < -0.39 is 16.0 Å². The number of anilines is 3. The Kier molecular flexibility index (Phi) is 7.05. The number of aromatic nitrogens is 1. The summed E-state index contributed by atoms with van der Waals surface area (Å²) >= 11 is 0. The molecular formula is C29H30N4O5S. The number of benzene rings is 3. The number of methoxy groups -OCH3 is 1. The fourth-order valence-electron chi connectivity index (χ4n) is 4.70. The number of carbonyl (C=O) groups is 1. The highest BCUT2D eigenvalue weighted by molar-refractivity contribution is 7.92. The average molecular weight is 547 g/mol. The average Bonchev–Trinajstić information content (AvgIpc) is 2.93. The molecule has 5 rings (SSSR count). The fourth-order valence-corrected chi connectivity index (χ4v) is 5.83. The lowest BCUT2D eigenvalue weighted by Crippen LogP contribution is -2.46. The molecular weight excluding hydrogens is 516 g/mol. The summed E-state index contributed by atoms with van der Waals surface area (Å²) in [4.78, 5) is 21.4. The Morgan fingerprint density at radius 2 is 1.59 bits per heavy atom. The van der Waals surface area contributed by atoms with Gasteiger partial charge in [0.25, 0.3) is 10.0 Å². The van der Waals surface area contributed by atoms with E-state index in [1.807, 2.05) is 38.1 Å². The molecule has 1 aliphatic heterocycles. The molecule has 4 aromatic rings. The van der Waals surface area contributed by atoms with Crippen LogP contribution in [0, 0.1) is 13.8 Å². The number of fused-ring (bicyclic) bond motifs is 1. The second-order valence-corrected chi connectivity index (χ2v) is 11.3. The highest BCUT2D eigenvalue weighted by Crippen LogP contribution is 2.29. The van der Waals surface area contributed by atoms with E-state index in [0.29, 0.717) is 29.8 Å². The summed E-state index contributed by atoms with van der Waals surface area (Å²) < 4.78 is 33.8. The number of piperazine rings is 1. The lowest BCUT2D eigenvalue weighted by atomic mass is 10.1. The van der Waals surface area contributed by atoms with Crippen LogP contribution < -0.4 is 19.3 Å². The van der Waals surface area contributed by atoms with Crippen LogP contribution in [-0.4, -0.2) is 57.8 Å². The van der Waals surface area contributed by atoms with E-state index in [-0.39, 0.29) is 16.1 Å². The van der Waals surface area contributed by atoms with E-state index in [4.69, 9.17) is 9.72 Å². The number of ether oxygens (including phenoxy) is 1. The molecule has 0 unspecified atom stereocenters. The zero-order chi connectivity index (χ0) is 27.7. The molecule has 0 amide bonds. The number of aromatic carboxylic acids is 1. The number of rotatable bonds is 7. The minimum absolute atomic E-state index is 0.0693. The number of pyridine rings is 1. The zero-order valence-electron chi connectivity index (χ0n) is 22.0. The summed E-state index contributed by atoms with van der Waals surface area (Å²) in [6.45, 7) is 6.64. The molecule has 0 radical (unpaired) electrons. The van der Waals surface area contributed by atoms with E-state index in [1.54, 1.807) is 43.5 Å². The molecule has 39 heavy (non-hydrogen) atoms. The summed E-state index contributed by atoms with van der Waals surface area (Å²) in [7, 11) is -2.21. The van der Waals surface area contributed by atoms with Gasteiger partial charge in [0.15, 0.2) is 0 Å². The van der Waals surface area contributed by atoms with Crippen molar-refractivity contribution in [2.75, 3.05) is 47.8 Å². The van der Waals surface area contributed by atoms with Crippen molar-refractivity contribution in [3.63, 3.8) is 0 Å². The predicted molar refractivity (Wildman–Crippen MR) is 153 cm³/mol. The fraction of sp³-hybridized carbons (Fsp3) is 0.241. The van der Waals surface area contributed by atoms with Gasteiger partial charge in [-0.15, -0.1) is 0 Å². The number of hydrogen-bond donors (Lipinski definition) is 2. The minimum Gasteiger partial charge on any atom is -0.497 e. The number of nitrogens with zero attached hydrogens (tertiary/aromatic N) is 3. The van der Waals surface area contributed by atoms with Crippen LogP contribution in [-0.2, 0) is 10.0 Å². The topological polar surface area (TPSA) is 112 Å². The van der Waals surface area contributed by atoms with Crippen LogP contribution in [0.5, 0.6) is 5.75 Å². The van der Waals surface area contributed by atoms with Gasteiger partial charge >= 0.3 is 5.97 Å². The number of nitrogens with one attached hydrogen (secondary N) is 1. The van der Waals surface area contributed by atoms with Gasteiger partial charge < -0.3 is 19.6 Å². The van der Waals surface area contributed by atoms with E-state index >= 15 is 0 Å². The molecule has 0 spiro atoms. The molecule has 1 aromatic heterocycles. The first-order valence-electron chi connectivity index (χ1n) is 12.6. The molecule has 0 saturated carbocycles. The van der Waals surface area contributed by atoms with Gasteiger partial charge in [0.05, 0.1) is 23.1 Å². The molecule has 202 valence electrons. The number of aryl methyl sites for hydroxylation is 2. The molecule has 0 atom stereocenters. The van der Waals surface area contributed by atoms with Crippen LogP contribution in [0.1, 0.15) is 21.5 Å². The quantitative estimate of drug-likeness (QED) is 0.344. The molecule has 1 fully saturated rings. The molecule has 10 heteroatoms. The monoisotopic (exact) mass is 546 g/mol. The van der Waals surface area contributed by atoms with Gasteiger partial charge in [-0.3, -0.25) is 4.72 Å². The summed E-state index contributed by atoms with van der Waals surface area (Å²) in [5, 5.41) is 10.4. The number of carboxylic acids is 1. The zero-order valence-corrected chi connectivity index (χ0v) is 22.8. The van der Waals surface area contributed by atoms with Crippen LogP contribution in [0.2, 0.25) is 0 Å². The maximum Gasteiger partial charge on any atom is 0.336 e. The van der Waals surface area contributed by atoms with E-state index in [2.05, 4.69) is 14.5 Å². The normalized spacial score (nSPS) is 13.9. The van der Waals surface area contributed by atoms with Gasteiger partial charge in [0.2, 0.25) is 0 Å². The van der Waals surface area contributed by atoms with Crippen molar-refractivity contribution in [3.05, 3.63) is 83.4 Å². The number of hydrogen-bond acceptors (Lipinski definition) is 7. The first-order chi connectivity index (χ1) is 18.6. The van der Waals surface area contributed by atoms with Crippen molar-refractivity contribution >= 4 is 44.1 Å². The maximum absolute atomic E-state index is 13.0. The van der Waals surface area contributed by atoms with Crippen LogP contribution >= 0.6 is 0 Å². The van der Waals surface area contributed by atoms with Crippen LogP contribution in [0.25, 0.3) is 10.9 Å². The van der Waals surface area contributed by atoms with Gasteiger partial charge in [-0.1, -0.05) is 6.07 Å². The largest absolute Gasteiger partial charge is 0.497 e. The minimum atomic E-state index is -3.85. The van der Waals surface area contributed by atoms with Crippen molar-refractivity contribution in [2.24, 2.45) is 0 Å². The number of carboxylic acid groups (broad SMARTS) is 1. The summed E-state index contributed by atoms with van der Waals surface area (Å²) in [5.74, 6) is 0.285. The summed E-state index contributed by atoms with van der Waals surface area (Å²) in [6, 6.07) is 19.2. The molecule has 0 aliphatic carbocycles. The Morgan fingerprint density at radius 3 is 2.23 bits per heavy atom. The molecule has 1 saturated heterocycles. The standard InChI is InChI=1S/C29H30N4O5S/c1-19-4-10-24(16-20(19)2)39(36,37)31-21-5-11-27-25(17-21)26(29(34)35)18-28(30-27)33-14-12-32(13-15-33)22-6-8-23(38-3)9-7-22/h4-11,16-18,31H,12-15H2,1-3H3,(H,34,35). The Morgan fingerprint density at radius 1 is 0.897 bits per heavy atom. The smallest absolute Gasteiger partial charge is 0.336 e. The molecule has 3 aromatic carbocycles. The van der Waals surface area contributed by atoms with Crippen molar-refractivity contribution < 1.29 is 23.1 Å². The highest BCUT2D eigenvalue weighted by atomic mass is 32.2. The Labute approximate surface area is 227 Å². The lowest BCUT2D eigenvalue weighted by molar-refractivity contribution is 0.0699. The predicted octanol–water partition coefficient (Wildman–Crippen LogP) is 4.69. The van der Waals surface area contributed by atoms with E-state index in [0.717, 1.165) is 35.7 Å². The molecule has 0 bridgehead atoms. The van der Waals surface area contributed by atoms with E-state index in [1.165, 1.54) is 6.07 Å². The first kappa shape index (κ1) is 26.3. The van der Waals surface area contributed by atoms with Crippen LogP contribution in [0.3, 0.4) is 0 Å². The summed E-state index contributed by atoms with van der Waals surface area (Å²) in [6.07, 6.45) is 0. The third kappa shape index (κ3) is 5.46. The van der Waals surface area contributed by atoms with Crippen molar-refractivity contribution in [1.82, 2.24) is 4.98 Å². The van der Waals surface area contributed by atoms with E-state index in [9.17, 15) is 18.3 Å². The van der Waals surface area contributed by atoms with Gasteiger partial charge in [-0.25, -0.2) is 18.2 Å². The van der Waals surface area contributed by atoms with Gasteiger partial charge in [-0.2, -0.15) is 0 Å². The third-order valence-corrected chi connectivity index (χ3v) is 8.49.